The quantitative estimate of drug-likeness (QED) is 0.393. The molecule has 6 nitrogen and oxygen atoms in total. The Bertz CT molecular complexity index is 1150. The summed E-state index contributed by atoms with van der Waals surface area (Å²) in [6.45, 7) is 2.28. The lowest BCUT2D eigenvalue weighted by molar-refractivity contribution is -0.146. The van der Waals surface area contributed by atoms with Crippen molar-refractivity contribution in [3.63, 3.8) is 0 Å². The zero-order valence-corrected chi connectivity index (χ0v) is 20.8. The normalized spacial score (nSPS) is 19.5. The number of hydrogen-bond acceptors (Lipinski definition) is 5. The smallest absolute Gasteiger partial charge is 0.308 e. The maximum absolute atomic E-state index is 12.1. The zero-order valence-electron chi connectivity index (χ0n) is 20.1. The molecule has 0 unspecified atom stereocenters. The van der Waals surface area contributed by atoms with Gasteiger partial charge in [-0.05, 0) is 92.6 Å². The number of methoxy groups -OCH3 is 1. The van der Waals surface area contributed by atoms with Gasteiger partial charge >= 0.3 is 5.97 Å². The van der Waals surface area contributed by atoms with Gasteiger partial charge in [0.25, 0.3) is 0 Å². The van der Waals surface area contributed by atoms with Gasteiger partial charge in [0.15, 0.2) is 0 Å². The zero-order chi connectivity index (χ0) is 24.8. The van der Waals surface area contributed by atoms with E-state index < -0.39 is 18.0 Å². The number of carboxylic acid groups (broad SMARTS) is 1. The van der Waals surface area contributed by atoms with Crippen molar-refractivity contribution in [1.29, 1.82) is 0 Å². The third-order valence-electron chi connectivity index (χ3n) is 7.19. The second kappa shape index (κ2) is 11.8. The van der Waals surface area contributed by atoms with Gasteiger partial charge in [-0.15, -0.1) is 0 Å². The van der Waals surface area contributed by atoms with Gasteiger partial charge in [-0.3, -0.25) is 9.78 Å². The first kappa shape index (κ1) is 25.4. The van der Waals surface area contributed by atoms with Crippen LogP contribution in [0, 0.1) is 11.8 Å². The largest absolute Gasteiger partial charge is 0.497 e. The number of rotatable bonds is 10. The summed E-state index contributed by atoms with van der Waals surface area (Å²) >= 11 is 6.26. The molecule has 1 aliphatic rings. The predicted molar refractivity (Wildman–Crippen MR) is 138 cm³/mol. The number of carbonyl (C=O) groups is 1. The molecular weight excluding hydrogens is 464 g/mol. The number of hydrogen-bond donors (Lipinski definition) is 2. The third kappa shape index (κ3) is 6.31. The van der Waals surface area contributed by atoms with Crippen LogP contribution >= 0.6 is 11.6 Å². The fourth-order valence-electron chi connectivity index (χ4n) is 5.18. The van der Waals surface area contributed by atoms with Crippen molar-refractivity contribution in [2.75, 3.05) is 26.7 Å². The standard InChI is InChI=1S/C28H33ClN2O4/c1-35-21-9-10-26-23(17-21)22(12-14-30-26)27(32)11-8-19-13-16-31(18-24(19)28(33)34)15-4-6-20-5-2-3-7-25(20)29/h2-3,5,7,9-10,12,14,17,19,24,27,32H,4,6,8,11,13,15-16,18H2,1H3,(H,33,34)/t19-,24+,27-/m1/s1. The van der Waals surface area contributed by atoms with E-state index in [-0.39, 0.29) is 5.92 Å². The minimum Gasteiger partial charge on any atom is -0.497 e. The number of nitrogens with zero attached hydrogens (tertiary/aromatic N) is 2. The van der Waals surface area contributed by atoms with E-state index in [9.17, 15) is 15.0 Å². The number of aliphatic carboxylic acids is 1. The van der Waals surface area contributed by atoms with Gasteiger partial charge in [0.2, 0.25) is 0 Å². The Morgan fingerprint density at radius 1 is 1.26 bits per heavy atom. The lowest BCUT2D eigenvalue weighted by atomic mass is 9.81. The summed E-state index contributed by atoms with van der Waals surface area (Å²) in [4.78, 5) is 18.7. The predicted octanol–water partition coefficient (Wildman–Crippen LogP) is 5.37. The summed E-state index contributed by atoms with van der Waals surface area (Å²) in [6, 6.07) is 15.3. The number of ether oxygens (including phenoxy) is 1. The SMILES string of the molecule is COc1ccc2nccc([C@H](O)CC[C@@H]3CCN(CCCc4ccccc4Cl)C[C@@H]3C(=O)O)c2c1. The summed E-state index contributed by atoms with van der Waals surface area (Å²) in [6.07, 6.45) is 4.84. The summed E-state index contributed by atoms with van der Waals surface area (Å²) in [5.74, 6) is -0.415. The van der Waals surface area contributed by atoms with E-state index in [4.69, 9.17) is 16.3 Å². The Morgan fingerprint density at radius 2 is 2.09 bits per heavy atom. The van der Waals surface area contributed by atoms with Gasteiger partial charge in [-0.1, -0.05) is 29.8 Å². The van der Waals surface area contributed by atoms with Crippen molar-refractivity contribution >= 4 is 28.5 Å². The molecule has 0 amide bonds. The number of pyridine rings is 1. The van der Waals surface area contributed by atoms with Gasteiger partial charge in [-0.25, -0.2) is 0 Å². The first-order chi connectivity index (χ1) is 17.0. The van der Waals surface area contributed by atoms with Crippen LogP contribution < -0.4 is 4.74 Å². The maximum atomic E-state index is 12.1. The Morgan fingerprint density at radius 3 is 2.86 bits per heavy atom. The van der Waals surface area contributed by atoms with Crippen molar-refractivity contribution in [2.45, 2.75) is 38.2 Å². The van der Waals surface area contributed by atoms with Crippen molar-refractivity contribution in [1.82, 2.24) is 9.88 Å². The van der Waals surface area contributed by atoms with E-state index >= 15 is 0 Å². The number of carboxylic acids is 1. The van der Waals surface area contributed by atoms with Crippen LogP contribution in [0.3, 0.4) is 0 Å². The number of likely N-dealkylation sites (tertiary alicyclic amines) is 1. The van der Waals surface area contributed by atoms with E-state index in [0.717, 1.165) is 59.4 Å². The highest BCUT2D eigenvalue weighted by Gasteiger charge is 2.34. The lowest BCUT2D eigenvalue weighted by Crippen LogP contribution is -2.44. The molecule has 3 atom stereocenters. The highest BCUT2D eigenvalue weighted by atomic mass is 35.5. The van der Waals surface area contributed by atoms with Crippen LogP contribution in [0.4, 0.5) is 0 Å². The van der Waals surface area contributed by atoms with E-state index in [0.29, 0.717) is 25.1 Å². The summed E-state index contributed by atoms with van der Waals surface area (Å²) < 4.78 is 5.34. The minimum absolute atomic E-state index is 0.0459. The Kier molecular flexibility index (Phi) is 8.60. The minimum atomic E-state index is -0.751. The van der Waals surface area contributed by atoms with Crippen LogP contribution in [0.2, 0.25) is 5.02 Å². The molecule has 0 saturated carbocycles. The van der Waals surface area contributed by atoms with Crippen LogP contribution in [0.1, 0.15) is 42.9 Å². The number of aliphatic hydroxyl groups excluding tert-OH is 1. The van der Waals surface area contributed by atoms with Crippen molar-refractivity contribution in [2.24, 2.45) is 11.8 Å². The van der Waals surface area contributed by atoms with Gasteiger partial charge in [0.05, 0.1) is 24.6 Å². The molecule has 0 radical (unpaired) electrons. The molecule has 1 fully saturated rings. The van der Waals surface area contributed by atoms with E-state index in [1.165, 1.54) is 0 Å². The number of halogens is 1. The highest BCUT2D eigenvalue weighted by Crippen LogP contribution is 2.34. The molecule has 35 heavy (non-hydrogen) atoms. The molecule has 2 N–H and O–H groups in total. The van der Waals surface area contributed by atoms with Gasteiger partial charge in [0.1, 0.15) is 5.75 Å². The Labute approximate surface area is 211 Å². The van der Waals surface area contributed by atoms with Crippen molar-refractivity contribution in [3.05, 3.63) is 70.9 Å². The topological polar surface area (TPSA) is 82.9 Å². The number of piperidine rings is 1. The van der Waals surface area contributed by atoms with Gasteiger partial charge in [-0.2, -0.15) is 0 Å². The van der Waals surface area contributed by atoms with E-state index in [2.05, 4.69) is 9.88 Å². The van der Waals surface area contributed by atoms with Crippen LogP contribution in [-0.2, 0) is 11.2 Å². The maximum Gasteiger partial charge on any atom is 0.308 e. The number of aryl methyl sites for hydroxylation is 1. The first-order valence-electron chi connectivity index (χ1n) is 12.3. The molecule has 1 saturated heterocycles. The summed E-state index contributed by atoms with van der Waals surface area (Å²) in [7, 11) is 1.61. The molecule has 2 aromatic carbocycles. The number of aromatic nitrogens is 1. The van der Waals surface area contributed by atoms with Crippen molar-refractivity contribution < 1.29 is 19.7 Å². The third-order valence-corrected chi connectivity index (χ3v) is 7.56. The van der Waals surface area contributed by atoms with Crippen LogP contribution in [0.5, 0.6) is 5.75 Å². The average Bonchev–Trinajstić information content (AvgIpc) is 2.88. The summed E-state index contributed by atoms with van der Waals surface area (Å²) in [5, 5.41) is 22.6. The summed E-state index contributed by atoms with van der Waals surface area (Å²) in [5.41, 5.74) is 2.74. The Hall–Kier alpha value is -2.67. The number of benzene rings is 2. The Balaban J connectivity index is 1.34. The highest BCUT2D eigenvalue weighted by molar-refractivity contribution is 6.31. The van der Waals surface area contributed by atoms with Crippen LogP contribution in [0.15, 0.2) is 54.7 Å². The molecule has 7 heteroatoms. The lowest BCUT2D eigenvalue weighted by Gasteiger charge is -2.37. The molecule has 0 aliphatic carbocycles. The molecule has 3 aromatic rings. The molecule has 1 aromatic heterocycles. The average molecular weight is 497 g/mol. The second-order valence-corrected chi connectivity index (χ2v) is 9.77. The number of aliphatic hydroxyl groups is 1. The molecule has 1 aliphatic heterocycles. The molecule has 0 bridgehead atoms. The first-order valence-corrected chi connectivity index (χ1v) is 12.6. The van der Waals surface area contributed by atoms with Crippen LogP contribution in [0.25, 0.3) is 10.9 Å². The molecular formula is C28H33ClN2O4. The number of fused-ring (bicyclic) bond motifs is 1. The fourth-order valence-corrected chi connectivity index (χ4v) is 5.41. The van der Waals surface area contributed by atoms with Gasteiger partial charge < -0.3 is 19.8 Å². The fraction of sp³-hybridized carbons (Fsp3) is 0.429. The second-order valence-electron chi connectivity index (χ2n) is 9.37. The monoisotopic (exact) mass is 496 g/mol. The van der Waals surface area contributed by atoms with E-state index in [1.807, 2.05) is 48.5 Å². The molecule has 0 spiro atoms. The molecule has 186 valence electrons. The van der Waals surface area contributed by atoms with Gasteiger partial charge in [0, 0.05) is 23.2 Å². The molecule has 2 heterocycles. The van der Waals surface area contributed by atoms with Crippen molar-refractivity contribution in [3.8, 4) is 5.75 Å². The molecule has 4 rings (SSSR count). The van der Waals surface area contributed by atoms with E-state index in [1.54, 1.807) is 13.3 Å². The van der Waals surface area contributed by atoms with Crippen LogP contribution in [-0.4, -0.2) is 52.8 Å².